The first kappa shape index (κ1) is 15.0. The number of benzene rings is 1. The van der Waals surface area contributed by atoms with Crippen LogP contribution in [-0.2, 0) is 20.9 Å². The first-order chi connectivity index (χ1) is 10.9. The SMILES string of the molecule is CN1C(=O)C(C(=O)Cn2ccc3ccccc32)C(=O)N(C)C1=O. The van der Waals surface area contributed by atoms with Crippen LogP contribution >= 0.6 is 0 Å². The highest BCUT2D eigenvalue weighted by Gasteiger charge is 2.46. The van der Waals surface area contributed by atoms with Gasteiger partial charge in [0.2, 0.25) is 0 Å². The predicted octanol–water partition coefficient (Wildman–Crippen LogP) is 0.877. The van der Waals surface area contributed by atoms with Crippen molar-refractivity contribution in [3.05, 3.63) is 36.5 Å². The molecule has 118 valence electrons. The first-order valence-corrected chi connectivity index (χ1v) is 7.07. The van der Waals surface area contributed by atoms with Gasteiger partial charge in [-0.1, -0.05) is 18.2 Å². The van der Waals surface area contributed by atoms with Crippen molar-refractivity contribution in [3.8, 4) is 0 Å². The van der Waals surface area contributed by atoms with Crippen LogP contribution in [0.25, 0.3) is 10.9 Å². The van der Waals surface area contributed by atoms with Gasteiger partial charge in [-0.3, -0.25) is 24.2 Å². The highest BCUT2D eigenvalue weighted by molar-refractivity contribution is 6.26. The van der Waals surface area contributed by atoms with Crippen LogP contribution in [0.2, 0.25) is 0 Å². The summed E-state index contributed by atoms with van der Waals surface area (Å²) >= 11 is 0. The summed E-state index contributed by atoms with van der Waals surface area (Å²) in [6.07, 6.45) is 1.74. The number of rotatable bonds is 3. The molecule has 1 aliphatic rings. The van der Waals surface area contributed by atoms with Gasteiger partial charge in [-0.05, 0) is 17.5 Å². The number of nitrogens with zero attached hydrogens (tertiary/aromatic N) is 3. The lowest BCUT2D eigenvalue weighted by atomic mass is 9.98. The van der Waals surface area contributed by atoms with Gasteiger partial charge in [0, 0.05) is 25.8 Å². The molecule has 1 aliphatic heterocycles. The molecule has 4 amide bonds. The molecule has 0 unspecified atom stereocenters. The number of ketones is 1. The van der Waals surface area contributed by atoms with E-state index in [1.54, 1.807) is 10.8 Å². The second kappa shape index (κ2) is 5.35. The van der Waals surface area contributed by atoms with Gasteiger partial charge < -0.3 is 4.57 Å². The van der Waals surface area contributed by atoms with Gasteiger partial charge >= 0.3 is 6.03 Å². The minimum atomic E-state index is -1.47. The van der Waals surface area contributed by atoms with Gasteiger partial charge in [0.05, 0.1) is 6.54 Å². The van der Waals surface area contributed by atoms with E-state index in [1.165, 1.54) is 14.1 Å². The Morgan fingerprint density at radius 2 is 1.61 bits per heavy atom. The van der Waals surface area contributed by atoms with E-state index in [2.05, 4.69) is 0 Å². The van der Waals surface area contributed by atoms with Crippen LogP contribution in [0.15, 0.2) is 36.5 Å². The fourth-order valence-electron chi connectivity index (χ4n) is 2.72. The van der Waals surface area contributed by atoms with E-state index in [4.69, 9.17) is 0 Å². The number of fused-ring (bicyclic) bond motifs is 1. The van der Waals surface area contributed by atoms with Gasteiger partial charge in [-0.15, -0.1) is 0 Å². The lowest BCUT2D eigenvalue weighted by molar-refractivity contribution is -0.152. The second-order valence-electron chi connectivity index (χ2n) is 5.48. The van der Waals surface area contributed by atoms with Gasteiger partial charge in [-0.25, -0.2) is 4.79 Å². The Kier molecular flexibility index (Phi) is 3.48. The van der Waals surface area contributed by atoms with E-state index in [0.717, 1.165) is 20.7 Å². The standard InChI is InChI=1S/C16H15N3O4/c1-17-14(21)13(15(22)18(2)16(17)23)12(20)9-19-8-7-10-5-3-4-6-11(10)19/h3-8,13H,9H2,1-2H3. The van der Waals surface area contributed by atoms with Crippen LogP contribution in [0.4, 0.5) is 4.79 Å². The number of aromatic nitrogens is 1. The first-order valence-electron chi connectivity index (χ1n) is 7.07. The van der Waals surface area contributed by atoms with Crippen LogP contribution in [-0.4, -0.2) is 52.1 Å². The molecular formula is C16H15N3O4. The summed E-state index contributed by atoms with van der Waals surface area (Å²) in [6.45, 7) is -0.106. The Balaban J connectivity index is 1.89. The molecule has 23 heavy (non-hydrogen) atoms. The Bertz CT molecular complexity index is 815. The fourth-order valence-corrected chi connectivity index (χ4v) is 2.72. The van der Waals surface area contributed by atoms with Crippen LogP contribution in [0.1, 0.15) is 0 Å². The molecule has 1 saturated heterocycles. The maximum absolute atomic E-state index is 12.5. The van der Waals surface area contributed by atoms with Gasteiger partial charge in [-0.2, -0.15) is 0 Å². The fraction of sp³-hybridized carbons (Fsp3) is 0.250. The number of carbonyl (C=O) groups is 4. The topological polar surface area (TPSA) is 79.7 Å². The van der Waals surface area contributed by atoms with Crippen molar-refractivity contribution < 1.29 is 19.2 Å². The van der Waals surface area contributed by atoms with E-state index in [1.807, 2.05) is 30.3 Å². The molecule has 0 saturated carbocycles. The van der Waals surface area contributed by atoms with Crippen LogP contribution in [0, 0.1) is 5.92 Å². The number of barbiturate groups is 1. The molecule has 2 aromatic rings. The molecule has 3 rings (SSSR count). The number of urea groups is 1. The number of para-hydroxylation sites is 1. The number of hydrogen-bond donors (Lipinski definition) is 0. The van der Waals surface area contributed by atoms with Crippen molar-refractivity contribution in [3.63, 3.8) is 0 Å². The van der Waals surface area contributed by atoms with Crippen molar-refractivity contribution in [2.45, 2.75) is 6.54 Å². The van der Waals surface area contributed by atoms with E-state index >= 15 is 0 Å². The summed E-state index contributed by atoms with van der Waals surface area (Å²) in [5.41, 5.74) is 0.842. The number of Topliss-reactive ketones (excluding diaryl/α,β-unsaturated/α-hetero) is 1. The summed E-state index contributed by atoms with van der Waals surface area (Å²) in [7, 11) is 2.53. The Hall–Kier alpha value is -2.96. The molecule has 7 nitrogen and oxygen atoms in total. The third-order valence-electron chi connectivity index (χ3n) is 4.06. The van der Waals surface area contributed by atoms with E-state index in [0.29, 0.717) is 0 Å². The zero-order valence-corrected chi connectivity index (χ0v) is 12.7. The van der Waals surface area contributed by atoms with Gasteiger partial charge in [0.1, 0.15) is 0 Å². The number of carbonyl (C=O) groups excluding carboxylic acids is 4. The van der Waals surface area contributed by atoms with Crippen molar-refractivity contribution >= 4 is 34.5 Å². The molecule has 1 fully saturated rings. The third-order valence-corrected chi connectivity index (χ3v) is 4.06. The van der Waals surface area contributed by atoms with Gasteiger partial charge in [0.25, 0.3) is 11.8 Å². The maximum Gasteiger partial charge on any atom is 0.332 e. The van der Waals surface area contributed by atoms with Crippen molar-refractivity contribution in [2.24, 2.45) is 5.92 Å². The summed E-state index contributed by atoms with van der Waals surface area (Å²) < 4.78 is 1.69. The van der Waals surface area contributed by atoms with E-state index < -0.39 is 29.5 Å². The molecule has 2 heterocycles. The number of hydrogen-bond acceptors (Lipinski definition) is 4. The number of imide groups is 2. The molecule has 0 radical (unpaired) electrons. The van der Waals surface area contributed by atoms with Gasteiger partial charge in [0.15, 0.2) is 11.7 Å². The highest BCUT2D eigenvalue weighted by Crippen LogP contribution is 2.19. The normalized spacial score (nSPS) is 16.5. The van der Waals surface area contributed by atoms with Crippen molar-refractivity contribution in [1.29, 1.82) is 0 Å². The Morgan fingerprint density at radius 3 is 2.26 bits per heavy atom. The summed E-state index contributed by atoms with van der Waals surface area (Å²) in [5.74, 6) is -3.56. The summed E-state index contributed by atoms with van der Waals surface area (Å²) in [5, 5.41) is 0.964. The lowest BCUT2D eigenvalue weighted by Crippen LogP contribution is -2.59. The molecule has 0 N–H and O–H groups in total. The lowest BCUT2D eigenvalue weighted by Gasteiger charge is -2.32. The highest BCUT2D eigenvalue weighted by atomic mass is 16.2. The van der Waals surface area contributed by atoms with Crippen molar-refractivity contribution in [1.82, 2.24) is 14.4 Å². The molecule has 0 aliphatic carbocycles. The maximum atomic E-state index is 12.5. The Labute approximate surface area is 132 Å². The summed E-state index contributed by atoms with van der Waals surface area (Å²) in [6, 6.07) is 8.63. The minimum Gasteiger partial charge on any atom is -0.340 e. The average Bonchev–Trinajstić information content (AvgIpc) is 2.94. The van der Waals surface area contributed by atoms with Crippen molar-refractivity contribution in [2.75, 3.05) is 14.1 Å². The van der Waals surface area contributed by atoms with E-state index in [9.17, 15) is 19.2 Å². The molecular weight excluding hydrogens is 298 g/mol. The average molecular weight is 313 g/mol. The van der Waals surface area contributed by atoms with E-state index in [-0.39, 0.29) is 6.54 Å². The van der Waals surface area contributed by atoms with Crippen LogP contribution in [0.3, 0.4) is 0 Å². The number of amides is 4. The molecule has 1 aromatic carbocycles. The van der Waals surface area contributed by atoms with Crippen LogP contribution < -0.4 is 0 Å². The smallest absolute Gasteiger partial charge is 0.332 e. The Morgan fingerprint density at radius 1 is 1.00 bits per heavy atom. The minimum absolute atomic E-state index is 0.106. The quantitative estimate of drug-likeness (QED) is 0.788. The molecule has 0 spiro atoms. The second-order valence-corrected chi connectivity index (χ2v) is 5.48. The molecule has 7 heteroatoms. The zero-order valence-electron chi connectivity index (χ0n) is 12.7. The predicted molar refractivity (Wildman–Crippen MR) is 81.4 cm³/mol. The largest absolute Gasteiger partial charge is 0.340 e. The third kappa shape index (κ3) is 2.30. The summed E-state index contributed by atoms with van der Waals surface area (Å²) in [4.78, 5) is 50.1. The molecule has 0 atom stereocenters. The molecule has 0 bridgehead atoms. The van der Waals surface area contributed by atoms with Crippen LogP contribution in [0.5, 0.6) is 0 Å². The zero-order chi connectivity index (χ0) is 16.7. The monoisotopic (exact) mass is 313 g/mol. The molecule has 1 aromatic heterocycles.